The number of nitrogens with zero attached hydrogens (tertiary/aromatic N) is 3. The summed E-state index contributed by atoms with van der Waals surface area (Å²) in [4.78, 5) is 15.1. The number of benzene rings is 7. The van der Waals surface area contributed by atoms with Crippen molar-refractivity contribution in [1.82, 2.24) is 15.0 Å². The zero-order chi connectivity index (χ0) is 32.7. The lowest BCUT2D eigenvalue weighted by molar-refractivity contribution is 0.591. The second-order valence-corrected chi connectivity index (χ2v) is 13.3. The van der Waals surface area contributed by atoms with E-state index in [0.717, 1.165) is 22.1 Å². The first-order chi connectivity index (χ1) is 23.4. The molecule has 0 aliphatic heterocycles. The van der Waals surface area contributed by atoms with Gasteiger partial charge >= 0.3 is 0 Å². The summed E-state index contributed by atoms with van der Waals surface area (Å²) >= 11 is 0. The van der Waals surface area contributed by atoms with Gasteiger partial charge in [-0.15, -0.1) is 0 Å². The summed E-state index contributed by atoms with van der Waals surface area (Å²) in [6, 6.07) is 55.5. The summed E-state index contributed by atoms with van der Waals surface area (Å²) in [6.07, 6.45) is 0. The Labute approximate surface area is 281 Å². The molecule has 0 N–H and O–H groups in total. The van der Waals surface area contributed by atoms with E-state index in [1.807, 2.05) is 60.7 Å². The molecule has 0 spiro atoms. The quantitative estimate of drug-likeness (QED) is 0.180. The molecule has 3 nitrogen and oxygen atoms in total. The number of hydrogen-bond donors (Lipinski definition) is 0. The lowest BCUT2D eigenvalue weighted by Gasteiger charge is -2.23. The molecule has 0 aliphatic rings. The number of aromatic nitrogens is 3. The van der Waals surface area contributed by atoms with Gasteiger partial charge in [0, 0.05) is 16.7 Å². The second kappa shape index (κ2) is 12.0. The highest BCUT2D eigenvalue weighted by Gasteiger charge is 2.21. The molecule has 0 saturated heterocycles. The molecule has 0 aliphatic carbocycles. The Bertz CT molecular complexity index is 2340. The van der Waals surface area contributed by atoms with Crippen LogP contribution in [0.25, 0.3) is 78.0 Å². The van der Waals surface area contributed by atoms with Gasteiger partial charge in [0.2, 0.25) is 0 Å². The van der Waals surface area contributed by atoms with Gasteiger partial charge in [0.05, 0.1) is 0 Å². The first-order valence-corrected chi connectivity index (χ1v) is 16.5. The maximum Gasteiger partial charge on any atom is 0.164 e. The van der Waals surface area contributed by atoms with Crippen LogP contribution < -0.4 is 0 Å². The smallest absolute Gasteiger partial charge is 0.164 e. The molecule has 1 heterocycles. The van der Waals surface area contributed by atoms with Crippen LogP contribution in [0.5, 0.6) is 0 Å². The van der Waals surface area contributed by atoms with Gasteiger partial charge in [0.1, 0.15) is 0 Å². The molecule has 0 radical (unpaired) electrons. The van der Waals surface area contributed by atoms with E-state index in [9.17, 15) is 0 Å². The number of rotatable bonds is 5. The van der Waals surface area contributed by atoms with Crippen molar-refractivity contribution < 1.29 is 0 Å². The third-order valence-corrected chi connectivity index (χ3v) is 9.07. The van der Waals surface area contributed by atoms with Gasteiger partial charge in [-0.05, 0) is 66.9 Å². The highest BCUT2D eigenvalue weighted by atomic mass is 15.0. The van der Waals surface area contributed by atoms with Gasteiger partial charge in [-0.2, -0.15) is 0 Å². The Kier molecular flexibility index (Phi) is 7.38. The molecule has 0 fully saturated rings. The third kappa shape index (κ3) is 5.44. The van der Waals surface area contributed by atoms with Gasteiger partial charge in [-0.3, -0.25) is 0 Å². The molecule has 8 aromatic rings. The molecule has 0 bridgehead atoms. The molecule has 7 aromatic carbocycles. The fourth-order valence-electron chi connectivity index (χ4n) is 6.60. The molecule has 230 valence electrons. The molecular formula is C45H35N3. The second-order valence-electron chi connectivity index (χ2n) is 13.3. The van der Waals surface area contributed by atoms with E-state index in [-0.39, 0.29) is 5.41 Å². The predicted molar refractivity (Wildman–Crippen MR) is 201 cm³/mol. The van der Waals surface area contributed by atoms with Gasteiger partial charge in [0.25, 0.3) is 0 Å². The molecule has 1 aromatic heterocycles. The minimum absolute atomic E-state index is 0.0134. The molecule has 0 saturated carbocycles. The average Bonchev–Trinajstić information content (AvgIpc) is 3.14. The zero-order valence-corrected chi connectivity index (χ0v) is 27.4. The van der Waals surface area contributed by atoms with E-state index in [4.69, 9.17) is 15.0 Å². The van der Waals surface area contributed by atoms with E-state index < -0.39 is 0 Å². The summed E-state index contributed by atoms with van der Waals surface area (Å²) in [5, 5.41) is 4.84. The van der Waals surface area contributed by atoms with E-state index in [2.05, 4.69) is 118 Å². The van der Waals surface area contributed by atoms with Crippen LogP contribution >= 0.6 is 0 Å². The molecule has 8 rings (SSSR count). The van der Waals surface area contributed by atoms with Crippen LogP contribution in [0.1, 0.15) is 26.3 Å². The summed E-state index contributed by atoms with van der Waals surface area (Å²) in [5.41, 5.74) is 9.01. The molecular weight excluding hydrogens is 583 g/mol. The van der Waals surface area contributed by atoms with Crippen LogP contribution in [0.2, 0.25) is 0 Å². The largest absolute Gasteiger partial charge is 0.208 e. The van der Waals surface area contributed by atoms with Crippen LogP contribution in [0, 0.1) is 0 Å². The average molecular weight is 618 g/mol. The van der Waals surface area contributed by atoms with Crippen molar-refractivity contribution in [3.63, 3.8) is 0 Å². The van der Waals surface area contributed by atoms with E-state index in [0.29, 0.717) is 17.5 Å². The predicted octanol–water partition coefficient (Wildman–Crippen LogP) is 11.8. The maximum atomic E-state index is 5.07. The summed E-state index contributed by atoms with van der Waals surface area (Å²) in [5.74, 6) is 1.95. The van der Waals surface area contributed by atoms with E-state index >= 15 is 0 Å². The fraction of sp³-hybridized carbons (Fsp3) is 0.0889. The van der Waals surface area contributed by atoms with E-state index in [1.165, 1.54) is 44.0 Å². The lowest BCUT2D eigenvalue weighted by Crippen LogP contribution is -2.10. The van der Waals surface area contributed by atoms with Crippen molar-refractivity contribution in [3.05, 3.63) is 163 Å². The van der Waals surface area contributed by atoms with Gasteiger partial charge in [-0.1, -0.05) is 166 Å². The molecule has 0 amide bonds. The first kappa shape index (κ1) is 29.5. The van der Waals surface area contributed by atoms with Crippen molar-refractivity contribution in [2.24, 2.45) is 0 Å². The van der Waals surface area contributed by atoms with Gasteiger partial charge in [-0.25, -0.2) is 15.0 Å². The van der Waals surface area contributed by atoms with Crippen LogP contribution in [-0.2, 0) is 5.41 Å². The highest BCUT2D eigenvalue weighted by molar-refractivity contribution is 6.22. The molecule has 48 heavy (non-hydrogen) atoms. The Morgan fingerprint density at radius 1 is 0.333 bits per heavy atom. The van der Waals surface area contributed by atoms with Crippen molar-refractivity contribution in [2.75, 3.05) is 0 Å². The molecule has 3 heteroatoms. The van der Waals surface area contributed by atoms with Crippen LogP contribution in [0.15, 0.2) is 158 Å². The molecule has 0 unspecified atom stereocenters. The monoisotopic (exact) mass is 617 g/mol. The highest BCUT2D eigenvalue weighted by Crippen LogP contribution is 2.45. The summed E-state index contributed by atoms with van der Waals surface area (Å²) < 4.78 is 0. The normalized spacial score (nSPS) is 11.6. The SMILES string of the molecule is CC(C)(C)c1ccc2c(-c3ccccc3)c3cc(-c4nc(-c5ccccc5)nc(-c5ccccc5)n4)ccc3c(-c3ccccc3)c2c1. The number of fused-ring (bicyclic) bond motifs is 2. The lowest BCUT2D eigenvalue weighted by atomic mass is 9.81. The molecule has 0 atom stereocenters. The third-order valence-electron chi connectivity index (χ3n) is 9.07. The van der Waals surface area contributed by atoms with Crippen molar-refractivity contribution in [3.8, 4) is 56.4 Å². The summed E-state index contributed by atoms with van der Waals surface area (Å²) in [7, 11) is 0. The minimum Gasteiger partial charge on any atom is -0.208 e. The van der Waals surface area contributed by atoms with Crippen LogP contribution in [0.3, 0.4) is 0 Å². The Morgan fingerprint density at radius 2 is 0.708 bits per heavy atom. The van der Waals surface area contributed by atoms with E-state index in [1.54, 1.807) is 0 Å². The van der Waals surface area contributed by atoms with Crippen LogP contribution in [0.4, 0.5) is 0 Å². The fourth-order valence-corrected chi connectivity index (χ4v) is 6.60. The van der Waals surface area contributed by atoms with Gasteiger partial charge in [0.15, 0.2) is 17.5 Å². The number of hydrogen-bond acceptors (Lipinski definition) is 3. The minimum atomic E-state index is 0.0134. The Morgan fingerprint density at radius 3 is 1.15 bits per heavy atom. The first-order valence-electron chi connectivity index (χ1n) is 16.5. The standard InChI is InChI=1S/C45H35N3/c1-45(2,3)35-25-27-37-39(29-35)41(31-18-10-5-11-19-31)36-26-24-34(28-38(36)40(37)30-16-8-4-9-17-30)44-47-42(32-20-12-6-13-21-32)46-43(48-44)33-22-14-7-15-23-33/h4-29H,1-3H3. The van der Waals surface area contributed by atoms with Crippen molar-refractivity contribution in [1.29, 1.82) is 0 Å². The topological polar surface area (TPSA) is 38.7 Å². The van der Waals surface area contributed by atoms with Gasteiger partial charge < -0.3 is 0 Å². The maximum absolute atomic E-state index is 5.07. The van der Waals surface area contributed by atoms with Crippen LogP contribution in [-0.4, -0.2) is 15.0 Å². The van der Waals surface area contributed by atoms with Crippen molar-refractivity contribution in [2.45, 2.75) is 26.2 Å². The Balaban J connectivity index is 1.46. The Hall–Kier alpha value is -5.93. The summed E-state index contributed by atoms with van der Waals surface area (Å²) in [6.45, 7) is 6.84. The zero-order valence-electron chi connectivity index (χ0n) is 27.4. The van der Waals surface area contributed by atoms with Crippen molar-refractivity contribution >= 4 is 21.5 Å².